The Hall–Kier alpha value is -1.53. The van der Waals surface area contributed by atoms with Crippen LogP contribution in [0.4, 0.5) is 10.1 Å². The largest absolute Gasteiger partial charge is 0.317 e. The van der Waals surface area contributed by atoms with E-state index in [-0.39, 0.29) is 5.69 Å². The minimum atomic E-state index is -0.447. The number of nitrogens with zero attached hydrogens (tertiary/aromatic N) is 2. The molecule has 1 atom stereocenters. The molecule has 0 amide bonds. The number of nitro groups is 1. The smallest absolute Gasteiger partial charge is 0.274 e. The van der Waals surface area contributed by atoms with Crippen molar-refractivity contribution in [1.82, 2.24) is 10.2 Å². The van der Waals surface area contributed by atoms with Gasteiger partial charge in [0.25, 0.3) is 5.69 Å². The molecule has 0 radical (unpaired) electrons. The van der Waals surface area contributed by atoms with Crippen LogP contribution in [-0.4, -0.2) is 36.0 Å². The highest BCUT2D eigenvalue weighted by molar-refractivity contribution is 5.40. The fourth-order valence-corrected chi connectivity index (χ4v) is 2.70. The topological polar surface area (TPSA) is 58.4 Å². The van der Waals surface area contributed by atoms with E-state index in [0.717, 1.165) is 38.4 Å². The minimum absolute atomic E-state index is 0.00926. The van der Waals surface area contributed by atoms with E-state index in [4.69, 9.17) is 0 Å². The first-order valence-electron chi connectivity index (χ1n) is 6.91. The van der Waals surface area contributed by atoms with Crippen LogP contribution in [0.25, 0.3) is 0 Å². The maximum absolute atomic E-state index is 13.3. The summed E-state index contributed by atoms with van der Waals surface area (Å²) in [6.45, 7) is 2.38. The SMILES string of the molecule is CN(Cc1cc(F)ccc1[N+](=O)[O-])C1CCCNCC1. The first kappa shape index (κ1) is 14.9. The summed E-state index contributed by atoms with van der Waals surface area (Å²) in [4.78, 5) is 12.6. The molecule has 2 rings (SSSR count). The van der Waals surface area contributed by atoms with Gasteiger partial charge in [-0.3, -0.25) is 15.0 Å². The summed E-state index contributed by atoms with van der Waals surface area (Å²) in [7, 11) is 1.95. The second kappa shape index (κ2) is 6.76. The molecule has 0 bridgehead atoms. The Morgan fingerprint density at radius 3 is 3.00 bits per heavy atom. The van der Waals surface area contributed by atoms with Crippen molar-refractivity contribution in [2.24, 2.45) is 0 Å². The van der Waals surface area contributed by atoms with E-state index < -0.39 is 10.7 Å². The molecule has 0 aromatic heterocycles. The van der Waals surface area contributed by atoms with Gasteiger partial charge in [-0.25, -0.2) is 4.39 Å². The van der Waals surface area contributed by atoms with Gasteiger partial charge in [-0.1, -0.05) is 0 Å². The molecule has 1 unspecified atom stereocenters. The molecule has 1 aliphatic heterocycles. The zero-order valence-electron chi connectivity index (χ0n) is 11.6. The summed E-state index contributed by atoms with van der Waals surface area (Å²) in [6.07, 6.45) is 3.17. The van der Waals surface area contributed by atoms with Crippen molar-refractivity contribution in [3.8, 4) is 0 Å². The highest BCUT2D eigenvalue weighted by atomic mass is 19.1. The number of hydrogen-bond donors (Lipinski definition) is 1. The molecule has 0 aliphatic carbocycles. The monoisotopic (exact) mass is 281 g/mol. The van der Waals surface area contributed by atoms with Gasteiger partial charge >= 0.3 is 0 Å². The van der Waals surface area contributed by atoms with Crippen molar-refractivity contribution < 1.29 is 9.31 Å². The fourth-order valence-electron chi connectivity index (χ4n) is 2.70. The average molecular weight is 281 g/mol. The Morgan fingerprint density at radius 2 is 2.25 bits per heavy atom. The van der Waals surface area contributed by atoms with Crippen molar-refractivity contribution in [1.29, 1.82) is 0 Å². The third-order valence-electron chi connectivity index (χ3n) is 3.83. The van der Waals surface area contributed by atoms with Crippen LogP contribution in [0.5, 0.6) is 0 Å². The van der Waals surface area contributed by atoms with Crippen LogP contribution in [0.2, 0.25) is 0 Å². The van der Waals surface area contributed by atoms with E-state index in [1.807, 2.05) is 7.05 Å². The van der Waals surface area contributed by atoms with E-state index in [1.165, 1.54) is 12.1 Å². The van der Waals surface area contributed by atoms with Gasteiger partial charge in [-0.05, 0) is 51.5 Å². The highest BCUT2D eigenvalue weighted by Gasteiger charge is 2.21. The van der Waals surface area contributed by atoms with Gasteiger partial charge in [-0.15, -0.1) is 0 Å². The lowest BCUT2D eigenvalue weighted by Crippen LogP contribution is -2.32. The highest BCUT2D eigenvalue weighted by Crippen LogP contribution is 2.23. The molecular weight excluding hydrogens is 261 g/mol. The van der Waals surface area contributed by atoms with Gasteiger partial charge < -0.3 is 5.32 Å². The van der Waals surface area contributed by atoms with Crippen LogP contribution >= 0.6 is 0 Å². The molecule has 110 valence electrons. The number of rotatable bonds is 4. The first-order chi connectivity index (χ1) is 9.58. The molecule has 1 aromatic rings. The second-order valence-electron chi connectivity index (χ2n) is 5.28. The van der Waals surface area contributed by atoms with Crippen LogP contribution in [0.1, 0.15) is 24.8 Å². The van der Waals surface area contributed by atoms with Crippen molar-refractivity contribution in [3.05, 3.63) is 39.7 Å². The first-order valence-corrected chi connectivity index (χ1v) is 6.91. The normalized spacial score (nSPS) is 19.9. The summed E-state index contributed by atoms with van der Waals surface area (Å²) in [5.41, 5.74) is 0.430. The third kappa shape index (κ3) is 3.74. The van der Waals surface area contributed by atoms with Crippen LogP contribution in [-0.2, 0) is 6.54 Å². The van der Waals surface area contributed by atoms with Crippen molar-refractivity contribution in [2.75, 3.05) is 20.1 Å². The Balaban J connectivity index is 2.11. The average Bonchev–Trinajstić information content (AvgIpc) is 2.67. The van der Waals surface area contributed by atoms with Crippen LogP contribution in [0.3, 0.4) is 0 Å². The number of nitro benzene ring substituents is 1. The summed E-state index contributed by atoms with van der Waals surface area (Å²) in [5.74, 6) is -0.429. The lowest BCUT2D eigenvalue weighted by Gasteiger charge is -2.26. The van der Waals surface area contributed by atoms with E-state index in [9.17, 15) is 14.5 Å². The van der Waals surface area contributed by atoms with Crippen molar-refractivity contribution >= 4 is 5.69 Å². The van der Waals surface area contributed by atoms with Crippen LogP contribution < -0.4 is 5.32 Å². The van der Waals surface area contributed by atoms with E-state index in [0.29, 0.717) is 18.2 Å². The van der Waals surface area contributed by atoms with Gasteiger partial charge in [0.15, 0.2) is 0 Å². The molecule has 6 heteroatoms. The maximum atomic E-state index is 13.3. The Bertz CT molecular complexity index is 473. The van der Waals surface area contributed by atoms with Crippen molar-refractivity contribution in [2.45, 2.75) is 31.8 Å². The molecule has 1 aromatic carbocycles. The Labute approximate surface area is 117 Å². The zero-order valence-corrected chi connectivity index (χ0v) is 11.6. The predicted molar refractivity (Wildman–Crippen MR) is 75.0 cm³/mol. The number of nitrogens with one attached hydrogen (secondary N) is 1. The molecule has 1 aliphatic rings. The lowest BCUT2D eigenvalue weighted by molar-refractivity contribution is -0.385. The van der Waals surface area contributed by atoms with Crippen molar-refractivity contribution in [3.63, 3.8) is 0 Å². The molecule has 0 saturated carbocycles. The molecule has 0 spiro atoms. The zero-order chi connectivity index (χ0) is 14.5. The van der Waals surface area contributed by atoms with Crippen LogP contribution in [0, 0.1) is 15.9 Å². The molecule has 1 N–H and O–H groups in total. The van der Waals surface area contributed by atoms with E-state index in [1.54, 1.807) is 0 Å². The maximum Gasteiger partial charge on any atom is 0.274 e. The molecule has 20 heavy (non-hydrogen) atoms. The summed E-state index contributed by atoms with van der Waals surface area (Å²) < 4.78 is 13.3. The number of hydrogen-bond acceptors (Lipinski definition) is 4. The van der Waals surface area contributed by atoms with Gasteiger partial charge in [0.05, 0.1) is 4.92 Å². The molecule has 1 fully saturated rings. The van der Waals surface area contributed by atoms with Gasteiger partial charge in [0.2, 0.25) is 0 Å². The Morgan fingerprint density at radius 1 is 1.45 bits per heavy atom. The molecule has 1 saturated heterocycles. The van der Waals surface area contributed by atoms with Crippen LogP contribution in [0.15, 0.2) is 18.2 Å². The van der Waals surface area contributed by atoms with Gasteiger partial charge in [0, 0.05) is 24.2 Å². The summed E-state index contributed by atoms with van der Waals surface area (Å²) >= 11 is 0. The molecular formula is C14H20FN3O2. The second-order valence-corrected chi connectivity index (χ2v) is 5.28. The van der Waals surface area contributed by atoms with Gasteiger partial charge in [0.1, 0.15) is 5.82 Å². The predicted octanol–water partition coefficient (Wildman–Crippen LogP) is 2.31. The quantitative estimate of drug-likeness (QED) is 0.679. The molecule has 1 heterocycles. The Kier molecular flexibility index (Phi) is 5.03. The standard InChI is InChI=1S/C14H20FN3O2/c1-17(13-3-2-7-16-8-6-13)10-11-9-12(15)4-5-14(11)18(19)20/h4-5,9,13,16H,2-3,6-8,10H2,1H3. The van der Waals surface area contributed by atoms with E-state index >= 15 is 0 Å². The number of halogens is 1. The minimum Gasteiger partial charge on any atom is -0.317 e. The molecule has 5 nitrogen and oxygen atoms in total. The van der Waals surface area contributed by atoms with E-state index in [2.05, 4.69) is 10.2 Å². The number of benzene rings is 1. The third-order valence-corrected chi connectivity index (χ3v) is 3.83. The summed E-state index contributed by atoms with van der Waals surface area (Å²) in [5, 5.41) is 14.3. The lowest BCUT2D eigenvalue weighted by atomic mass is 10.1. The van der Waals surface area contributed by atoms with Gasteiger partial charge in [-0.2, -0.15) is 0 Å². The fraction of sp³-hybridized carbons (Fsp3) is 0.571. The summed E-state index contributed by atoms with van der Waals surface area (Å²) in [6, 6.07) is 4.03.